The summed E-state index contributed by atoms with van der Waals surface area (Å²) in [6.45, 7) is 4.41. The first kappa shape index (κ1) is 8.55. The van der Waals surface area contributed by atoms with Crippen molar-refractivity contribution >= 4 is 5.57 Å². The molecule has 0 spiro atoms. The van der Waals surface area contributed by atoms with Gasteiger partial charge in [-0.2, -0.15) is 0 Å². The van der Waals surface area contributed by atoms with Crippen LogP contribution in [0.3, 0.4) is 0 Å². The maximum Gasteiger partial charge on any atom is -0.0196 e. The van der Waals surface area contributed by atoms with Crippen LogP contribution in [-0.4, -0.2) is 0 Å². The van der Waals surface area contributed by atoms with E-state index in [1.807, 2.05) is 0 Å². The SMILES string of the molecule is Cc1cccc(C2=CCCC2)c1C. The minimum Gasteiger partial charge on any atom is -0.0807 e. The van der Waals surface area contributed by atoms with Gasteiger partial charge in [-0.3, -0.25) is 0 Å². The summed E-state index contributed by atoms with van der Waals surface area (Å²) in [5.41, 5.74) is 5.89. The molecule has 1 aliphatic carbocycles. The van der Waals surface area contributed by atoms with Gasteiger partial charge in [0.15, 0.2) is 0 Å². The molecule has 13 heavy (non-hydrogen) atoms. The van der Waals surface area contributed by atoms with E-state index in [4.69, 9.17) is 0 Å². The van der Waals surface area contributed by atoms with E-state index in [-0.39, 0.29) is 0 Å². The van der Waals surface area contributed by atoms with Gasteiger partial charge in [-0.1, -0.05) is 24.3 Å². The first-order valence-corrected chi connectivity index (χ1v) is 5.04. The van der Waals surface area contributed by atoms with E-state index in [9.17, 15) is 0 Å². The summed E-state index contributed by atoms with van der Waals surface area (Å²) in [6, 6.07) is 6.60. The van der Waals surface area contributed by atoms with Crippen LogP contribution in [-0.2, 0) is 0 Å². The molecule has 1 aliphatic rings. The van der Waals surface area contributed by atoms with Gasteiger partial charge in [0.2, 0.25) is 0 Å². The number of hydrogen-bond acceptors (Lipinski definition) is 0. The molecule has 0 amide bonds. The lowest BCUT2D eigenvalue weighted by Crippen LogP contribution is -1.89. The van der Waals surface area contributed by atoms with Crippen LogP contribution in [0.25, 0.3) is 5.57 Å². The molecule has 0 saturated carbocycles. The number of allylic oxidation sites excluding steroid dienone is 2. The molecule has 1 aromatic carbocycles. The van der Waals surface area contributed by atoms with Gasteiger partial charge in [0, 0.05) is 0 Å². The third-order valence-electron chi connectivity index (χ3n) is 2.99. The summed E-state index contributed by atoms with van der Waals surface area (Å²) in [7, 11) is 0. The van der Waals surface area contributed by atoms with E-state index in [1.165, 1.54) is 36.0 Å². The molecular formula is C13H16. The van der Waals surface area contributed by atoms with Crippen molar-refractivity contribution in [2.24, 2.45) is 0 Å². The van der Waals surface area contributed by atoms with E-state index in [0.29, 0.717) is 0 Å². The van der Waals surface area contributed by atoms with Gasteiger partial charge in [0.25, 0.3) is 0 Å². The summed E-state index contributed by atoms with van der Waals surface area (Å²) < 4.78 is 0. The molecule has 0 fully saturated rings. The maximum absolute atomic E-state index is 2.39. The van der Waals surface area contributed by atoms with Crippen molar-refractivity contribution in [3.8, 4) is 0 Å². The fraction of sp³-hybridized carbons (Fsp3) is 0.385. The quantitative estimate of drug-likeness (QED) is 0.603. The zero-order chi connectivity index (χ0) is 9.26. The second kappa shape index (κ2) is 3.37. The molecule has 0 N–H and O–H groups in total. The molecule has 0 aliphatic heterocycles. The van der Waals surface area contributed by atoms with E-state index < -0.39 is 0 Å². The van der Waals surface area contributed by atoms with Crippen molar-refractivity contribution in [2.75, 3.05) is 0 Å². The van der Waals surface area contributed by atoms with E-state index >= 15 is 0 Å². The molecule has 68 valence electrons. The number of aryl methyl sites for hydroxylation is 1. The Morgan fingerprint density at radius 3 is 2.69 bits per heavy atom. The Labute approximate surface area is 80.3 Å². The molecule has 0 saturated heterocycles. The summed E-state index contributed by atoms with van der Waals surface area (Å²) in [6.07, 6.45) is 6.26. The van der Waals surface area contributed by atoms with Crippen molar-refractivity contribution in [1.29, 1.82) is 0 Å². The standard InChI is InChI=1S/C13H16/c1-10-6-5-9-13(11(10)2)12-7-3-4-8-12/h5-7,9H,3-4,8H2,1-2H3. The van der Waals surface area contributed by atoms with E-state index in [2.05, 4.69) is 38.1 Å². The van der Waals surface area contributed by atoms with E-state index in [0.717, 1.165) is 0 Å². The molecule has 0 unspecified atom stereocenters. The summed E-state index contributed by atoms with van der Waals surface area (Å²) in [4.78, 5) is 0. The molecule has 0 nitrogen and oxygen atoms in total. The molecule has 0 bridgehead atoms. The van der Waals surface area contributed by atoms with Gasteiger partial charge in [0.1, 0.15) is 0 Å². The first-order chi connectivity index (χ1) is 6.29. The van der Waals surface area contributed by atoms with Crippen molar-refractivity contribution < 1.29 is 0 Å². The maximum atomic E-state index is 2.39. The van der Waals surface area contributed by atoms with Crippen LogP contribution in [0, 0.1) is 13.8 Å². The molecule has 0 heteroatoms. The largest absolute Gasteiger partial charge is 0.0807 e. The van der Waals surface area contributed by atoms with Crippen LogP contribution in [0.5, 0.6) is 0 Å². The Balaban J connectivity index is 2.45. The molecule has 0 atom stereocenters. The van der Waals surface area contributed by atoms with Gasteiger partial charge >= 0.3 is 0 Å². The Morgan fingerprint density at radius 2 is 2.00 bits per heavy atom. The molecule has 1 aromatic rings. The number of rotatable bonds is 1. The third-order valence-corrected chi connectivity index (χ3v) is 2.99. The lowest BCUT2D eigenvalue weighted by molar-refractivity contribution is 0.934. The number of hydrogen-bond donors (Lipinski definition) is 0. The fourth-order valence-corrected chi connectivity index (χ4v) is 2.01. The van der Waals surface area contributed by atoms with Gasteiger partial charge < -0.3 is 0 Å². The van der Waals surface area contributed by atoms with Crippen molar-refractivity contribution in [3.63, 3.8) is 0 Å². The fourth-order valence-electron chi connectivity index (χ4n) is 2.01. The normalized spacial score (nSPS) is 16.0. The molecular weight excluding hydrogens is 156 g/mol. The van der Waals surface area contributed by atoms with Gasteiger partial charge in [-0.25, -0.2) is 0 Å². The third kappa shape index (κ3) is 1.53. The highest BCUT2D eigenvalue weighted by molar-refractivity contribution is 5.70. The van der Waals surface area contributed by atoms with E-state index in [1.54, 1.807) is 5.57 Å². The number of benzene rings is 1. The Morgan fingerprint density at radius 1 is 1.15 bits per heavy atom. The Hall–Kier alpha value is -1.04. The second-order valence-electron chi connectivity index (χ2n) is 3.87. The molecule has 0 heterocycles. The highest BCUT2D eigenvalue weighted by Crippen LogP contribution is 2.30. The van der Waals surface area contributed by atoms with Crippen LogP contribution in [0.2, 0.25) is 0 Å². The van der Waals surface area contributed by atoms with Gasteiger partial charge in [-0.15, -0.1) is 0 Å². The Bertz CT molecular complexity index is 345. The highest BCUT2D eigenvalue weighted by Gasteiger charge is 2.09. The van der Waals surface area contributed by atoms with Gasteiger partial charge in [-0.05, 0) is 55.4 Å². The van der Waals surface area contributed by atoms with Crippen molar-refractivity contribution in [3.05, 3.63) is 41.0 Å². The monoisotopic (exact) mass is 172 g/mol. The average molecular weight is 172 g/mol. The topological polar surface area (TPSA) is 0 Å². The molecule has 0 radical (unpaired) electrons. The summed E-state index contributed by atoms with van der Waals surface area (Å²) in [5, 5.41) is 0. The second-order valence-corrected chi connectivity index (χ2v) is 3.87. The lowest BCUT2D eigenvalue weighted by Gasteiger charge is -2.08. The smallest absolute Gasteiger partial charge is 0.0196 e. The summed E-state index contributed by atoms with van der Waals surface area (Å²) >= 11 is 0. The van der Waals surface area contributed by atoms with Crippen LogP contribution < -0.4 is 0 Å². The minimum atomic E-state index is 1.27. The van der Waals surface area contributed by atoms with Gasteiger partial charge in [0.05, 0.1) is 0 Å². The van der Waals surface area contributed by atoms with Crippen molar-refractivity contribution in [2.45, 2.75) is 33.1 Å². The average Bonchev–Trinajstić information content (AvgIpc) is 2.62. The first-order valence-electron chi connectivity index (χ1n) is 5.04. The molecule has 2 rings (SSSR count). The molecule has 0 aromatic heterocycles. The van der Waals surface area contributed by atoms with Crippen LogP contribution in [0.4, 0.5) is 0 Å². The predicted octanol–water partition coefficient (Wildman–Crippen LogP) is 3.87. The highest BCUT2D eigenvalue weighted by atomic mass is 14.1. The predicted molar refractivity (Wildman–Crippen MR) is 57.7 cm³/mol. The zero-order valence-electron chi connectivity index (χ0n) is 8.43. The van der Waals surface area contributed by atoms with Crippen molar-refractivity contribution in [1.82, 2.24) is 0 Å². The van der Waals surface area contributed by atoms with Crippen LogP contribution >= 0.6 is 0 Å². The van der Waals surface area contributed by atoms with Crippen LogP contribution in [0.1, 0.15) is 36.0 Å². The van der Waals surface area contributed by atoms with Crippen LogP contribution in [0.15, 0.2) is 24.3 Å². The Kier molecular flexibility index (Phi) is 2.22. The summed E-state index contributed by atoms with van der Waals surface area (Å²) in [5.74, 6) is 0. The lowest BCUT2D eigenvalue weighted by atomic mass is 9.97. The zero-order valence-corrected chi connectivity index (χ0v) is 8.43. The minimum absolute atomic E-state index is 1.27.